The van der Waals surface area contributed by atoms with Crippen molar-refractivity contribution in [1.29, 1.82) is 0 Å². The fraction of sp³-hybridized carbons (Fsp3) is 0.667. The van der Waals surface area contributed by atoms with Gasteiger partial charge < -0.3 is 4.74 Å². The summed E-state index contributed by atoms with van der Waals surface area (Å²) in [6, 6.07) is 0. The van der Waals surface area contributed by atoms with E-state index in [2.05, 4.69) is 0 Å². The second-order valence-corrected chi connectivity index (χ2v) is 2.48. The standard InChI is InChI=1S/C6H6O3/c7-3-1-4(8)6-5(2-3)9-6/h5-6H,1-2H2. The summed E-state index contributed by atoms with van der Waals surface area (Å²) < 4.78 is 4.89. The van der Waals surface area contributed by atoms with Gasteiger partial charge in [-0.15, -0.1) is 0 Å². The van der Waals surface area contributed by atoms with E-state index in [1.807, 2.05) is 0 Å². The van der Waals surface area contributed by atoms with E-state index in [-0.39, 0.29) is 30.2 Å². The molecule has 1 aliphatic carbocycles. The quantitative estimate of drug-likeness (QED) is 0.330. The average molecular weight is 126 g/mol. The Bertz CT molecular complexity index is 185. The Labute approximate surface area is 52.0 Å². The highest BCUT2D eigenvalue weighted by molar-refractivity contribution is 6.05. The summed E-state index contributed by atoms with van der Waals surface area (Å²) in [5, 5.41) is 0. The maximum absolute atomic E-state index is 10.7. The molecule has 1 aliphatic heterocycles. The summed E-state index contributed by atoms with van der Waals surface area (Å²) in [5.74, 6) is -0.00463. The average Bonchev–Trinajstić information content (AvgIpc) is 2.43. The topological polar surface area (TPSA) is 46.7 Å². The number of Topliss-reactive ketones (excluding diaryl/α,β-unsaturated/α-hetero) is 2. The lowest BCUT2D eigenvalue weighted by Gasteiger charge is -1.99. The molecule has 1 saturated carbocycles. The van der Waals surface area contributed by atoms with E-state index in [0.717, 1.165) is 0 Å². The molecule has 0 aromatic rings. The highest BCUT2D eigenvalue weighted by atomic mass is 16.6. The zero-order chi connectivity index (χ0) is 6.43. The second kappa shape index (κ2) is 1.42. The van der Waals surface area contributed by atoms with Crippen molar-refractivity contribution in [2.45, 2.75) is 25.0 Å². The molecule has 0 radical (unpaired) electrons. The fourth-order valence-electron chi connectivity index (χ4n) is 1.17. The molecule has 0 aromatic carbocycles. The van der Waals surface area contributed by atoms with Gasteiger partial charge in [0.05, 0.1) is 12.5 Å². The van der Waals surface area contributed by atoms with E-state index in [1.54, 1.807) is 0 Å². The molecule has 0 spiro atoms. The van der Waals surface area contributed by atoms with E-state index in [9.17, 15) is 9.59 Å². The third kappa shape index (κ3) is 0.685. The van der Waals surface area contributed by atoms with Crippen LogP contribution in [-0.2, 0) is 14.3 Å². The fourth-order valence-corrected chi connectivity index (χ4v) is 1.17. The third-order valence-corrected chi connectivity index (χ3v) is 1.70. The van der Waals surface area contributed by atoms with Crippen molar-refractivity contribution in [2.75, 3.05) is 0 Å². The Hall–Kier alpha value is -0.700. The number of rotatable bonds is 0. The van der Waals surface area contributed by atoms with Crippen molar-refractivity contribution in [1.82, 2.24) is 0 Å². The van der Waals surface area contributed by atoms with Crippen molar-refractivity contribution >= 4 is 11.6 Å². The lowest BCUT2D eigenvalue weighted by molar-refractivity contribution is -0.128. The summed E-state index contributed by atoms with van der Waals surface area (Å²) in [6.07, 6.45) is 0.304. The summed E-state index contributed by atoms with van der Waals surface area (Å²) in [5.41, 5.74) is 0. The van der Waals surface area contributed by atoms with Gasteiger partial charge in [-0.2, -0.15) is 0 Å². The predicted molar refractivity (Wildman–Crippen MR) is 27.9 cm³/mol. The van der Waals surface area contributed by atoms with Gasteiger partial charge in [-0.05, 0) is 0 Å². The van der Waals surface area contributed by atoms with E-state index in [1.165, 1.54) is 0 Å². The van der Waals surface area contributed by atoms with Gasteiger partial charge in [0.2, 0.25) is 0 Å². The number of carbonyl (C=O) groups excluding carboxylic acids is 2. The van der Waals surface area contributed by atoms with Crippen LogP contribution in [0.1, 0.15) is 12.8 Å². The Balaban J connectivity index is 2.15. The summed E-state index contributed by atoms with van der Waals surface area (Å²) >= 11 is 0. The largest absolute Gasteiger partial charge is 0.361 e. The van der Waals surface area contributed by atoms with E-state index in [0.29, 0.717) is 6.42 Å². The predicted octanol–water partition coefficient (Wildman–Crippen LogP) is -0.314. The number of ketones is 2. The number of hydrogen-bond donors (Lipinski definition) is 0. The monoisotopic (exact) mass is 126 g/mol. The molecule has 1 saturated heterocycles. The molecule has 9 heavy (non-hydrogen) atoms. The minimum Gasteiger partial charge on any atom is -0.361 e. The van der Waals surface area contributed by atoms with Gasteiger partial charge in [0.25, 0.3) is 0 Å². The first-order valence-electron chi connectivity index (χ1n) is 2.97. The van der Waals surface area contributed by atoms with Gasteiger partial charge in [0.15, 0.2) is 5.78 Å². The first kappa shape index (κ1) is 5.11. The zero-order valence-corrected chi connectivity index (χ0v) is 4.79. The van der Waals surface area contributed by atoms with Crippen molar-refractivity contribution in [3.05, 3.63) is 0 Å². The van der Waals surface area contributed by atoms with Crippen LogP contribution < -0.4 is 0 Å². The second-order valence-electron chi connectivity index (χ2n) is 2.48. The highest BCUT2D eigenvalue weighted by Gasteiger charge is 2.49. The number of ether oxygens (including phenoxy) is 1. The van der Waals surface area contributed by atoms with Crippen LogP contribution >= 0.6 is 0 Å². The molecule has 0 N–H and O–H groups in total. The minimum atomic E-state index is -0.206. The van der Waals surface area contributed by atoms with Gasteiger partial charge in [-0.3, -0.25) is 9.59 Å². The number of hydrogen-bond acceptors (Lipinski definition) is 3. The molecular weight excluding hydrogens is 120 g/mol. The molecule has 2 rings (SSSR count). The highest BCUT2D eigenvalue weighted by Crippen LogP contribution is 2.31. The molecule has 2 atom stereocenters. The van der Waals surface area contributed by atoms with Crippen LogP contribution in [0.15, 0.2) is 0 Å². The normalized spacial score (nSPS) is 40.4. The number of carbonyl (C=O) groups is 2. The van der Waals surface area contributed by atoms with Crippen molar-refractivity contribution < 1.29 is 14.3 Å². The van der Waals surface area contributed by atoms with Crippen molar-refractivity contribution in [3.8, 4) is 0 Å². The lowest BCUT2D eigenvalue weighted by atomic mass is 9.98. The molecule has 0 amide bonds. The molecular formula is C6H6O3. The summed E-state index contributed by atoms with van der Waals surface area (Å²) in [6.45, 7) is 0. The maximum Gasteiger partial charge on any atom is 0.171 e. The minimum absolute atomic E-state index is 0.0266. The maximum atomic E-state index is 10.7. The van der Waals surface area contributed by atoms with Crippen LogP contribution in [0, 0.1) is 0 Å². The molecule has 3 nitrogen and oxygen atoms in total. The Morgan fingerprint density at radius 2 is 2.22 bits per heavy atom. The lowest BCUT2D eigenvalue weighted by Crippen LogP contribution is -2.22. The third-order valence-electron chi connectivity index (χ3n) is 1.70. The zero-order valence-electron chi connectivity index (χ0n) is 4.79. The Kier molecular flexibility index (Phi) is 0.805. The molecule has 3 heteroatoms. The molecule has 1 heterocycles. The Morgan fingerprint density at radius 1 is 1.44 bits per heavy atom. The first-order chi connectivity index (χ1) is 4.27. The van der Waals surface area contributed by atoms with Gasteiger partial charge in [-0.1, -0.05) is 0 Å². The molecule has 2 unspecified atom stereocenters. The molecule has 0 bridgehead atoms. The first-order valence-corrected chi connectivity index (χ1v) is 2.97. The van der Waals surface area contributed by atoms with E-state index >= 15 is 0 Å². The van der Waals surface area contributed by atoms with Crippen LogP contribution in [0.25, 0.3) is 0 Å². The van der Waals surface area contributed by atoms with E-state index < -0.39 is 0 Å². The molecule has 2 aliphatic rings. The number of epoxide rings is 1. The van der Waals surface area contributed by atoms with Gasteiger partial charge in [0, 0.05) is 6.42 Å². The molecule has 0 aromatic heterocycles. The van der Waals surface area contributed by atoms with Gasteiger partial charge >= 0.3 is 0 Å². The SMILES string of the molecule is O=C1CC(=O)C2OC2C1. The van der Waals surface area contributed by atoms with Gasteiger partial charge in [0.1, 0.15) is 11.9 Å². The van der Waals surface area contributed by atoms with Crippen molar-refractivity contribution in [2.24, 2.45) is 0 Å². The summed E-state index contributed by atoms with van der Waals surface area (Å²) in [4.78, 5) is 21.3. The van der Waals surface area contributed by atoms with Crippen LogP contribution in [0.2, 0.25) is 0 Å². The van der Waals surface area contributed by atoms with Crippen molar-refractivity contribution in [3.63, 3.8) is 0 Å². The smallest absolute Gasteiger partial charge is 0.171 e. The van der Waals surface area contributed by atoms with Gasteiger partial charge in [-0.25, -0.2) is 0 Å². The summed E-state index contributed by atoms with van der Waals surface area (Å²) in [7, 11) is 0. The molecule has 48 valence electrons. The molecule has 2 fully saturated rings. The van der Waals surface area contributed by atoms with Crippen LogP contribution in [-0.4, -0.2) is 23.8 Å². The van der Waals surface area contributed by atoms with Crippen LogP contribution in [0.3, 0.4) is 0 Å². The Morgan fingerprint density at radius 3 is 2.89 bits per heavy atom. The number of fused-ring (bicyclic) bond motifs is 1. The van der Waals surface area contributed by atoms with Crippen LogP contribution in [0.5, 0.6) is 0 Å². The van der Waals surface area contributed by atoms with Crippen LogP contribution in [0.4, 0.5) is 0 Å². The van der Waals surface area contributed by atoms with E-state index in [4.69, 9.17) is 4.74 Å².